The predicted octanol–water partition coefficient (Wildman–Crippen LogP) is 2.41. The van der Waals surface area contributed by atoms with Crippen LogP contribution in [-0.4, -0.2) is 29.5 Å². The molecule has 1 aliphatic rings. The number of fused-ring (bicyclic) bond motifs is 1. The summed E-state index contributed by atoms with van der Waals surface area (Å²) in [6.45, 7) is 4.16. The van der Waals surface area contributed by atoms with Crippen molar-refractivity contribution >= 4 is 10.8 Å². The minimum atomic E-state index is 0.724. The molecule has 0 aliphatic carbocycles. The molecule has 2 N–H and O–H groups in total. The summed E-state index contributed by atoms with van der Waals surface area (Å²) in [4.78, 5) is 6.89. The summed E-state index contributed by atoms with van der Waals surface area (Å²) in [6, 6.07) is 8.50. The highest BCUT2D eigenvalue weighted by Crippen LogP contribution is 2.22. The number of rotatable bonds is 3. The number of hydrogen-bond donors (Lipinski definition) is 1. The minimum Gasteiger partial charge on any atom is -0.330 e. The van der Waals surface area contributed by atoms with Crippen molar-refractivity contribution in [2.45, 2.75) is 19.4 Å². The second-order valence-corrected chi connectivity index (χ2v) is 5.47. The van der Waals surface area contributed by atoms with Crippen LogP contribution in [-0.2, 0) is 6.54 Å². The highest BCUT2D eigenvalue weighted by atomic mass is 15.1. The molecule has 0 saturated carbocycles. The zero-order valence-electron chi connectivity index (χ0n) is 11.3. The summed E-state index contributed by atoms with van der Waals surface area (Å²) in [5, 5.41) is 2.57. The van der Waals surface area contributed by atoms with Gasteiger partial charge in [0.15, 0.2) is 0 Å². The third kappa shape index (κ3) is 2.77. The fraction of sp³-hybridized carbons (Fsp3) is 0.438. The monoisotopic (exact) mass is 255 g/mol. The predicted molar refractivity (Wildman–Crippen MR) is 78.8 cm³/mol. The van der Waals surface area contributed by atoms with Crippen molar-refractivity contribution in [3.8, 4) is 0 Å². The molecule has 19 heavy (non-hydrogen) atoms. The number of piperidine rings is 1. The average molecular weight is 255 g/mol. The molecule has 1 fully saturated rings. The SMILES string of the molecule is NCC1CCN(Cc2cncc3ccccc23)CC1. The highest BCUT2D eigenvalue weighted by Gasteiger charge is 2.18. The van der Waals surface area contributed by atoms with Crippen LogP contribution in [0.15, 0.2) is 36.7 Å². The van der Waals surface area contributed by atoms with Gasteiger partial charge in [-0.3, -0.25) is 9.88 Å². The summed E-state index contributed by atoms with van der Waals surface area (Å²) < 4.78 is 0. The van der Waals surface area contributed by atoms with E-state index in [0.717, 1.165) is 32.1 Å². The lowest BCUT2D eigenvalue weighted by Gasteiger charge is -2.31. The number of aromatic nitrogens is 1. The highest BCUT2D eigenvalue weighted by molar-refractivity contribution is 5.84. The van der Waals surface area contributed by atoms with Crippen LogP contribution in [0.4, 0.5) is 0 Å². The van der Waals surface area contributed by atoms with Gasteiger partial charge in [-0.2, -0.15) is 0 Å². The largest absolute Gasteiger partial charge is 0.330 e. The standard InChI is InChI=1S/C16H21N3/c17-9-13-5-7-19(8-6-13)12-15-11-18-10-14-3-1-2-4-16(14)15/h1-4,10-11,13H,5-9,12,17H2. The molecule has 0 spiro atoms. The second kappa shape index (κ2) is 5.68. The van der Waals surface area contributed by atoms with Gasteiger partial charge in [-0.05, 0) is 49.3 Å². The topological polar surface area (TPSA) is 42.1 Å². The maximum absolute atomic E-state index is 5.75. The number of nitrogens with two attached hydrogens (primary N) is 1. The lowest BCUT2D eigenvalue weighted by molar-refractivity contribution is 0.181. The minimum absolute atomic E-state index is 0.724. The molecular weight excluding hydrogens is 234 g/mol. The third-order valence-electron chi connectivity index (χ3n) is 4.19. The fourth-order valence-corrected chi connectivity index (χ4v) is 2.93. The molecule has 3 heteroatoms. The Morgan fingerprint density at radius 2 is 1.95 bits per heavy atom. The van der Waals surface area contributed by atoms with Crippen molar-refractivity contribution < 1.29 is 0 Å². The van der Waals surface area contributed by atoms with Crippen LogP contribution in [0.5, 0.6) is 0 Å². The summed E-state index contributed by atoms with van der Waals surface area (Å²) in [6.07, 6.45) is 6.42. The third-order valence-corrected chi connectivity index (χ3v) is 4.19. The van der Waals surface area contributed by atoms with Crippen LogP contribution in [0.2, 0.25) is 0 Å². The van der Waals surface area contributed by atoms with Crippen LogP contribution in [0.25, 0.3) is 10.8 Å². The summed E-state index contributed by atoms with van der Waals surface area (Å²) >= 11 is 0. The molecular formula is C16H21N3. The van der Waals surface area contributed by atoms with Crippen molar-refractivity contribution in [3.63, 3.8) is 0 Å². The van der Waals surface area contributed by atoms with E-state index >= 15 is 0 Å². The molecule has 3 rings (SSSR count). The van der Waals surface area contributed by atoms with E-state index in [0.29, 0.717) is 0 Å². The van der Waals surface area contributed by atoms with Crippen LogP contribution in [0.3, 0.4) is 0 Å². The molecule has 2 heterocycles. The molecule has 0 unspecified atom stereocenters. The molecule has 2 aromatic rings. The van der Waals surface area contributed by atoms with Gasteiger partial charge in [0.25, 0.3) is 0 Å². The number of nitrogens with zero attached hydrogens (tertiary/aromatic N) is 2. The van der Waals surface area contributed by atoms with E-state index in [1.807, 2.05) is 12.4 Å². The van der Waals surface area contributed by atoms with Gasteiger partial charge in [-0.15, -0.1) is 0 Å². The zero-order chi connectivity index (χ0) is 13.1. The number of benzene rings is 1. The molecule has 0 bridgehead atoms. The van der Waals surface area contributed by atoms with Crippen molar-refractivity contribution in [2.75, 3.05) is 19.6 Å². The van der Waals surface area contributed by atoms with Gasteiger partial charge in [-0.1, -0.05) is 24.3 Å². The molecule has 1 aromatic heterocycles. The molecule has 100 valence electrons. The van der Waals surface area contributed by atoms with E-state index in [1.165, 1.54) is 29.2 Å². The van der Waals surface area contributed by atoms with Crippen LogP contribution in [0, 0.1) is 5.92 Å². The van der Waals surface area contributed by atoms with Crippen molar-refractivity contribution in [1.29, 1.82) is 0 Å². The zero-order valence-corrected chi connectivity index (χ0v) is 11.3. The average Bonchev–Trinajstić information content (AvgIpc) is 2.48. The maximum Gasteiger partial charge on any atom is 0.0346 e. The summed E-state index contributed by atoms with van der Waals surface area (Å²) in [5.41, 5.74) is 7.08. The number of hydrogen-bond acceptors (Lipinski definition) is 3. The van der Waals surface area contributed by atoms with E-state index in [2.05, 4.69) is 34.1 Å². The Bertz CT molecular complexity index is 539. The van der Waals surface area contributed by atoms with E-state index in [-0.39, 0.29) is 0 Å². The van der Waals surface area contributed by atoms with Gasteiger partial charge < -0.3 is 5.73 Å². The first kappa shape index (κ1) is 12.6. The van der Waals surface area contributed by atoms with Gasteiger partial charge in [0, 0.05) is 24.3 Å². The van der Waals surface area contributed by atoms with Gasteiger partial charge in [0.05, 0.1) is 0 Å². The summed E-state index contributed by atoms with van der Waals surface area (Å²) in [5.74, 6) is 0.724. The first-order chi connectivity index (χ1) is 9.36. The second-order valence-electron chi connectivity index (χ2n) is 5.47. The smallest absolute Gasteiger partial charge is 0.0346 e. The lowest BCUT2D eigenvalue weighted by Crippen LogP contribution is -2.35. The Morgan fingerprint density at radius 1 is 1.16 bits per heavy atom. The van der Waals surface area contributed by atoms with E-state index in [4.69, 9.17) is 5.73 Å². The Balaban J connectivity index is 1.75. The molecule has 1 aliphatic heterocycles. The normalized spacial score (nSPS) is 17.9. The Labute approximate surface area is 114 Å². The Hall–Kier alpha value is -1.45. The molecule has 1 saturated heterocycles. The lowest BCUT2D eigenvalue weighted by atomic mass is 9.96. The van der Waals surface area contributed by atoms with Gasteiger partial charge in [0.1, 0.15) is 0 Å². The van der Waals surface area contributed by atoms with Gasteiger partial charge in [-0.25, -0.2) is 0 Å². The summed E-state index contributed by atoms with van der Waals surface area (Å²) in [7, 11) is 0. The van der Waals surface area contributed by atoms with E-state index < -0.39 is 0 Å². The maximum atomic E-state index is 5.75. The Kier molecular flexibility index (Phi) is 3.76. The van der Waals surface area contributed by atoms with Gasteiger partial charge >= 0.3 is 0 Å². The molecule has 0 radical (unpaired) electrons. The van der Waals surface area contributed by atoms with Crippen LogP contribution < -0.4 is 5.73 Å². The first-order valence-electron chi connectivity index (χ1n) is 7.11. The Morgan fingerprint density at radius 3 is 2.74 bits per heavy atom. The molecule has 1 aromatic carbocycles. The fourth-order valence-electron chi connectivity index (χ4n) is 2.93. The first-order valence-corrected chi connectivity index (χ1v) is 7.11. The number of pyridine rings is 1. The van der Waals surface area contributed by atoms with Crippen molar-refractivity contribution in [1.82, 2.24) is 9.88 Å². The molecule has 0 atom stereocenters. The molecule has 3 nitrogen and oxygen atoms in total. The molecule has 0 amide bonds. The van der Waals surface area contributed by atoms with Crippen LogP contribution >= 0.6 is 0 Å². The van der Waals surface area contributed by atoms with Gasteiger partial charge in [0.2, 0.25) is 0 Å². The van der Waals surface area contributed by atoms with Crippen molar-refractivity contribution in [2.24, 2.45) is 11.7 Å². The van der Waals surface area contributed by atoms with E-state index in [1.54, 1.807) is 0 Å². The quantitative estimate of drug-likeness (QED) is 0.915. The number of likely N-dealkylation sites (tertiary alicyclic amines) is 1. The van der Waals surface area contributed by atoms with E-state index in [9.17, 15) is 0 Å². The van der Waals surface area contributed by atoms with Crippen LogP contribution in [0.1, 0.15) is 18.4 Å². The van der Waals surface area contributed by atoms with Crippen molar-refractivity contribution in [3.05, 3.63) is 42.2 Å².